The molecule has 0 spiro atoms. The van der Waals surface area contributed by atoms with E-state index in [1.807, 2.05) is 17.5 Å². The molecular weight excluding hydrogens is 308 g/mol. The van der Waals surface area contributed by atoms with E-state index >= 15 is 0 Å². The third-order valence-corrected chi connectivity index (χ3v) is 5.07. The molecular formula is C18H14N2S2. The number of hydrogen-bond acceptors (Lipinski definition) is 4. The molecule has 0 amide bonds. The van der Waals surface area contributed by atoms with E-state index in [4.69, 9.17) is 0 Å². The first-order valence-corrected chi connectivity index (χ1v) is 8.56. The van der Waals surface area contributed by atoms with Crippen molar-refractivity contribution < 1.29 is 0 Å². The molecule has 22 heavy (non-hydrogen) atoms. The Labute approximate surface area is 138 Å². The molecule has 0 radical (unpaired) electrons. The van der Waals surface area contributed by atoms with Crippen LogP contribution in [0.1, 0.15) is 20.3 Å². The molecule has 0 atom stereocenters. The SMILES string of the molecule is Cc1ccc(-c2csc(/C(C#N)=C\c3ccc(C)s3)n2)cc1. The quantitative estimate of drug-likeness (QED) is 0.592. The Hall–Kier alpha value is -2.22. The molecule has 0 unspecified atom stereocenters. The number of nitriles is 1. The maximum atomic E-state index is 9.42. The van der Waals surface area contributed by atoms with Gasteiger partial charge in [-0.05, 0) is 32.1 Å². The van der Waals surface area contributed by atoms with Gasteiger partial charge in [-0.25, -0.2) is 4.98 Å². The maximum absolute atomic E-state index is 9.42. The lowest BCUT2D eigenvalue weighted by molar-refractivity contribution is 1.36. The summed E-state index contributed by atoms with van der Waals surface area (Å²) in [6.07, 6.45) is 1.91. The van der Waals surface area contributed by atoms with E-state index in [0.29, 0.717) is 5.57 Å². The van der Waals surface area contributed by atoms with Crippen LogP contribution in [0.5, 0.6) is 0 Å². The van der Waals surface area contributed by atoms with Gasteiger partial charge < -0.3 is 0 Å². The standard InChI is InChI=1S/C18H14N2S2/c1-12-3-6-14(7-4-12)17-11-21-18(20-17)15(10-19)9-16-8-5-13(2)22-16/h3-9,11H,1-2H3/b15-9-. The molecule has 2 nitrogen and oxygen atoms in total. The first kappa shape index (κ1) is 14.7. The number of rotatable bonds is 3. The van der Waals surface area contributed by atoms with E-state index in [1.165, 1.54) is 21.8 Å². The summed E-state index contributed by atoms with van der Waals surface area (Å²) in [6, 6.07) is 14.6. The monoisotopic (exact) mass is 322 g/mol. The molecule has 3 aromatic rings. The zero-order valence-electron chi connectivity index (χ0n) is 12.3. The van der Waals surface area contributed by atoms with Crippen molar-refractivity contribution in [3.63, 3.8) is 0 Å². The van der Waals surface area contributed by atoms with Gasteiger partial charge >= 0.3 is 0 Å². The van der Waals surface area contributed by atoms with Crippen LogP contribution >= 0.6 is 22.7 Å². The minimum Gasteiger partial charge on any atom is -0.235 e. The Morgan fingerprint density at radius 3 is 2.55 bits per heavy atom. The molecule has 0 bridgehead atoms. The first-order valence-electron chi connectivity index (χ1n) is 6.87. The highest BCUT2D eigenvalue weighted by molar-refractivity contribution is 7.13. The second kappa shape index (κ2) is 6.27. The molecule has 0 saturated carbocycles. The number of aromatic nitrogens is 1. The van der Waals surface area contributed by atoms with Crippen LogP contribution in [0.2, 0.25) is 0 Å². The summed E-state index contributed by atoms with van der Waals surface area (Å²) in [5.74, 6) is 0. The van der Waals surface area contributed by atoms with Crippen molar-refractivity contribution in [1.82, 2.24) is 4.98 Å². The second-order valence-corrected chi connectivity index (χ2v) is 7.20. The van der Waals surface area contributed by atoms with Crippen LogP contribution < -0.4 is 0 Å². The van der Waals surface area contributed by atoms with Gasteiger partial charge in [0.2, 0.25) is 0 Å². The summed E-state index contributed by atoms with van der Waals surface area (Å²) in [4.78, 5) is 6.94. The van der Waals surface area contributed by atoms with Crippen molar-refractivity contribution in [2.45, 2.75) is 13.8 Å². The summed E-state index contributed by atoms with van der Waals surface area (Å²) in [6.45, 7) is 4.13. The Balaban J connectivity index is 1.93. The van der Waals surface area contributed by atoms with Crippen LogP contribution in [0.3, 0.4) is 0 Å². The lowest BCUT2D eigenvalue weighted by atomic mass is 10.1. The predicted octanol–water partition coefficient (Wildman–Crippen LogP) is 5.55. The number of hydrogen-bond donors (Lipinski definition) is 0. The van der Waals surface area contributed by atoms with Gasteiger partial charge in [0, 0.05) is 20.7 Å². The molecule has 2 heterocycles. The number of nitrogens with zero attached hydrogens (tertiary/aromatic N) is 2. The Kier molecular flexibility index (Phi) is 4.19. The largest absolute Gasteiger partial charge is 0.235 e. The van der Waals surface area contributed by atoms with Gasteiger partial charge in [0.25, 0.3) is 0 Å². The van der Waals surface area contributed by atoms with E-state index in [2.05, 4.69) is 55.2 Å². The zero-order valence-corrected chi connectivity index (χ0v) is 14.0. The minimum absolute atomic E-state index is 0.616. The summed E-state index contributed by atoms with van der Waals surface area (Å²) in [5, 5.41) is 12.2. The van der Waals surface area contributed by atoms with E-state index < -0.39 is 0 Å². The Bertz CT molecular complexity index is 861. The highest BCUT2D eigenvalue weighted by Gasteiger charge is 2.09. The molecule has 3 rings (SSSR count). The predicted molar refractivity (Wildman–Crippen MR) is 94.8 cm³/mol. The van der Waals surface area contributed by atoms with E-state index in [9.17, 15) is 5.26 Å². The fraction of sp³-hybridized carbons (Fsp3) is 0.111. The molecule has 0 N–H and O–H groups in total. The number of benzene rings is 1. The lowest BCUT2D eigenvalue weighted by Gasteiger charge is -1.97. The molecule has 0 aliphatic heterocycles. The van der Waals surface area contributed by atoms with E-state index in [1.54, 1.807) is 11.3 Å². The fourth-order valence-corrected chi connectivity index (χ4v) is 3.68. The van der Waals surface area contributed by atoms with Crippen LogP contribution in [0.25, 0.3) is 22.9 Å². The van der Waals surface area contributed by atoms with Gasteiger partial charge in [-0.3, -0.25) is 0 Å². The number of thiazole rings is 1. The van der Waals surface area contributed by atoms with Crippen molar-refractivity contribution in [1.29, 1.82) is 5.26 Å². The molecule has 108 valence electrons. The molecule has 0 fully saturated rings. The summed E-state index contributed by atoms with van der Waals surface area (Å²) in [5.41, 5.74) is 3.84. The van der Waals surface area contributed by atoms with Gasteiger partial charge in [0.15, 0.2) is 0 Å². The average Bonchev–Trinajstić information content (AvgIpc) is 3.15. The highest BCUT2D eigenvalue weighted by Crippen LogP contribution is 2.28. The van der Waals surface area contributed by atoms with E-state index in [-0.39, 0.29) is 0 Å². The van der Waals surface area contributed by atoms with Crippen LogP contribution in [0, 0.1) is 25.2 Å². The fourth-order valence-electron chi connectivity index (χ4n) is 2.07. The normalized spacial score (nSPS) is 11.4. The molecule has 0 aliphatic carbocycles. The summed E-state index contributed by atoms with van der Waals surface area (Å²) >= 11 is 3.19. The summed E-state index contributed by atoms with van der Waals surface area (Å²) < 4.78 is 0. The second-order valence-electron chi connectivity index (χ2n) is 5.02. The van der Waals surface area contributed by atoms with Crippen LogP contribution in [-0.2, 0) is 0 Å². The molecule has 4 heteroatoms. The van der Waals surface area contributed by atoms with Gasteiger partial charge in [0.05, 0.1) is 11.3 Å². The number of aryl methyl sites for hydroxylation is 2. The van der Waals surface area contributed by atoms with Crippen LogP contribution in [0.4, 0.5) is 0 Å². The third kappa shape index (κ3) is 3.16. The number of thiophene rings is 1. The van der Waals surface area contributed by atoms with Gasteiger partial charge in [-0.1, -0.05) is 29.8 Å². The lowest BCUT2D eigenvalue weighted by Crippen LogP contribution is -1.82. The van der Waals surface area contributed by atoms with Crippen molar-refractivity contribution in [3.8, 4) is 17.3 Å². The van der Waals surface area contributed by atoms with Gasteiger partial charge in [0.1, 0.15) is 11.1 Å². The molecule has 1 aromatic carbocycles. The summed E-state index contributed by atoms with van der Waals surface area (Å²) in [7, 11) is 0. The number of allylic oxidation sites excluding steroid dienone is 1. The molecule has 0 saturated heterocycles. The van der Waals surface area contributed by atoms with Gasteiger partial charge in [-0.15, -0.1) is 22.7 Å². The first-order chi connectivity index (χ1) is 10.7. The van der Waals surface area contributed by atoms with Crippen molar-refractivity contribution in [2.24, 2.45) is 0 Å². The molecule has 2 aromatic heterocycles. The van der Waals surface area contributed by atoms with Gasteiger partial charge in [-0.2, -0.15) is 5.26 Å². The van der Waals surface area contributed by atoms with E-state index in [0.717, 1.165) is 21.1 Å². The Morgan fingerprint density at radius 2 is 1.91 bits per heavy atom. The molecule has 0 aliphatic rings. The van der Waals surface area contributed by atoms with Crippen LogP contribution in [-0.4, -0.2) is 4.98 Å². The van der Waals surface area contributed by atoms with Crippen molar-refractivity contribution in [2.75, 3.05) is 0 Å². The third-order valence-electron chi connectivity index (χ3n) is 3.25. The van der Waals surface area contributed by atoms with Crippen LogP contribution in [0.15, 0.2) is 41.8 Å². The van der Waals surface area contributed by atoms with Crippen molar-refractivity contribution in [3.05, 3.63) is 62.1 Å². The Morgan fingerprint density at radius 1 is 1.14 bits per heavy atom. The maximum Gasteiger partial charge on any atom is 0.134 e. The topological polar surface area (TPSA) is 36.7 Å². The minimum atomic E-state index is 0.616. The zero-order chi connectivity index (χ0) is 15.5. The average molecular weight is 322 g/mol. The van der Waals surface area contributed by atoms with Crippen molar-refractivity contribution >= 4 is 34.3 Å². The smallest absolute Gasteiger partial charge is 0.134 e. The highest BCUT2D eigenvalue weighted by atomic mass is 32.1.